The number of carbonyl (C=O) groups is 1. The molecule has 2 rings (SSSR count). The van der Waals surface area contributed by atoms with Gasteiger partial charge in [0.1, 0.15) is 5.56 Å². The molecule has 0 fully saturated rings. The second-order valence-corrected chi connectivity index (χ2v) is 6.56. The fourth-order valence-electron chi connectivity index (χ4n) is 2.06. The number of hydrogen-bond donors (Lipinski definition) is 0. The first kappa shape index (κ1) is 21.4. The zero-order chi connectivity index (χ0) is 19.9. The summed E-state index contributed by atoms with van der Waals surface area (Å²) in [6.45, 7) is 1.06. The summed E-state index contributed by atoms with van der Waals surface area (Å²) >= 11 is 29.1. The zero-order valence-electron chi connectivity index (χ0n) is 12.4. The maximum atomic E-state index is 14.5. The first-order chi connectivity index (χ1) is 12.1. The number of esters is 1. The van der Waals surface area contributed by atoms with E-state index in [0.29, 0.717) is 0 Å². The highest BCUT2D eigenvalue weighted by atomic mass is 35.5. The molecular formula is C15H5Cl5F4O2. The minimum Gasteiger partial charge on any atom is -0.462 e. The van der Waals surface area contributed by atoms with Crippen molar-refractivity contribution in [2.24, 2.45) is 0 Å². The van der Waals surface area contributed by atoms with Gasteiger partial charge in [0.2, 0.25) is 0 Å². The van der Waals surface area contributed by atoms with E-state index in [1.165, 1.54) is 6.92 Å². The molecule has 0 amide bonds. The third-order valence-corrected chi connectivity index (χ3v) is 5.48. The van der Waals surface area contributed by atoms with Crippen LogP contribution < -0.4 is 0 Å². The Balaban J connectivity index is 2.93. The van der Waals surface area contributed by atoms with Gasteiger partial charge in [-0.2, -0.15) is 0 Å². The first-order valence-electron chi connectivity index (χ1n) is 6.60. The van der Waals surface area contributed by atoms with Gasteiger partial charge < -0.3 is 4.74 Å². The number of carbonyl (C=O) groups excluding carboxylic acids is 1. The average Bonchev–Trinajstić information content (AvgIpc) is 2.60. The molecule has 2 aromatic rings. The quantitative estimate of drug-likeness (QED) is 0.203. The van der Waals surface area contributed by atoms with E-state index in [1.807, 2.05) is 0 Å². The van der Waals surface area contributed by atoms with Crippen molar-refractivity contribution in [3.05, 3.63) is 53.9 Å². The monoisotopic (exact) mass is 468 g/mol. The molecule has 0 aliphatic heterocycles. The van der Waals surface area contributed by atoms with Crippen molar-refractivity contribution in [3.63, 3.8) is 0 Å². The van der Waals surface area contributed by atoms with Crippen LogP contribution in [0.5, 0.6) is 0 Å². The van der Waals surface area contributed by atoms with Crippen molar-refractivity contribution in [1.82, 2.24) is 0 Å². The molecule has 2 nitrogen and oxygen atoms in total. The molecule has 11 heteroatoms. The summed E-state index contributed by atoms with van der Waals surface area (Å²) in [5.41, 5.74) is -3.57. The first-order valence-corrected chi connectivity index (χ1v) is 8.49. The van der Waals surface area contributed by atoms with Crippen LogP contribution in [0.1, 0.15) is 17.3 Å². The summed E-state index contributed by atoms with van der Waals surface area (Å²) in [6, 6.07) is 0. The summed E-state index contributed by atoms with van der Waals surface area (Å²) in [5, 5.41) is -2.38. The van der Waals surface area contributed by atoms with E-state index in [0.717, 1.165) is 0 Å². The van der Waals surface area contributed by atoms with Crippen molar-refractivity contribution < 1.29 is 27.1 Å². The molecule has 0 spiro atoms. The van der Waals surface area contributed by atoms with Crippen LogP contribution in [0.3, 0.4) is 0 Å². The van der Waals surface area contributed by atoms with Crippen LogP contribution in [0.4, 0.5) is 17.6 Å². The van der Waals surface area contributed by atoms with Gasteiger partial charge in [-0.1, -0.05) is 58.0 Å². The molecule has 0 atom stereocenters. The third kappa shape index (κ3) is 3.34. The summed E-state index contributed by atoms with van der Waals surface area (Å²) in [5.74, 6) is -9.45. The highest BCUT2D eigenvalue weighted by Gasteiger charge is 2.34. The molecule has 0 N–H and O–H groups in total. The number of rotatable bonds is 3. The van der Waals surface area contributed by atoms with Crippen LogP contribution >= 0.6 is 58.0 Å². The smallest absolute Gasteiger partial charge is 0.344 e. The Morgan fingerprint density at radius 3 is 1.50 bits per heavy atom. The summed E-state index contributed by atoms with van der Waals surface area (Å²) in [7, 11) is 0. The molecule has 0 aliphatic carbocycles. The van der Waals surface area contributed by atoms with Gasteiger partial charge in [-0.25, -0.2) is 22.4 Å². The van der Waals surface area contributed by atoms with Gasteiger partial charge in [-0.15, -0.1) is 0 Å². The van der Waals surface area contributed by atoms with Gasteiger partial charge >= 0.3 is 5.97 Å². The highest BCUT2D eigenvalue weighted by Crippen LogP contribution is 2.49. The topological polar surface area (TPSA) is 26.3 Å². The van der Waals surface area contributed by atoms with Crippen molar-refractivity contribution in [3.8, 4) is 11.1 Å². The lowest BCUT2D eigenvalue weighted by atomic mass is 10.0. The van der Waals surface area contributed by atoms with Crippen LogP contribution in [-0.4, -0.2) is 12.6 Å². The lowest BCUT2D eigenvalue weighted by Gasteiger charge is -2.16. The maximum absolute atomic E-state index is 14.5. The molecular weight excluding hydrogens is 465 g/mol. The van der Waals surface area contributed by atoms with Crippen molar-refractivity contribution in [1.29, 1.82) is 0 Å². The van der Waals surface area contributed by atoms with Crippen LogP contribution in [-0.2, 0) is 4.74 Å². The summed E-state index contributed by atoms with van der Waals surface area (Å²) < 4.78 is 61.8. The van der Waals surface area contributed by atoms with Gasteiger partial charge in [-0.05, 0) is 6.92 Å². The highest BCUT2D eigenvalue weighted by molar-refractivity contribution is 6.56. The van der Waals surface area contributed by atoms with E-state index >= 15 is 0 Å². The Bertz CT molecular complexity index is 875. The molecule has 0 unspecified atom stereocenters. The Morgan fingerprint density at radius 2 is 1.12 bits per heavy atom. The molecule has 0 saturated heterocycles. The van der Waals surface area contributed by atoms with Crippen molar-refractivity contribution in [2.75, 3.05) is 6.61 Å². The molecule has 140 valence electrons. The number of hydrogen-bond acceptors (Lipinski definition) is 2. The Kier molecular flexibility index (Phi) is 6.57. The Labute approximate surface area is 169 Å². The van der Waals surface area contributed by atoms with Crippen molar-refractivity contribution >= 4 is 64.0 Å². The molecule has 2 aromatic carbocycles. The zero-order valence-corrected chi connectivity index (χ0v) is 16.2. The Morgan fingerprint density at radius 1 is 0.731 bits per heavy atom. The second kappa shape index (κ2) is 7.98. The summed E-state index contributed by atoms with van der Waals surface area (Å²) in [6.07, 6.45) is 0. The van der Waals surface area contributed by atoms with E-state index in [9.17, 15) is 22.4 Å². The maximum Gasteiger partial charge on any atom is 0.344 e. The second-order valence-electron chi connectivity index (χ2n) is 4.67. The van der Waals surface area contributed by atoms with E-state index < -0.39 is 66.0 Å². The Hall–Kier alpha value is -0.920. The van der Waals surface area contributed by atoms with Crippen LogP contribution in [0.25, 0.3) is 11.1 Å². The van der Waals surface area contributed by atoms with Gasteiger partial charge in [-0.3, -0.25) is 0 Å². The number of halogens is 9. The molecule has 0 aliphatic rings. The largest absolute Gasteiger partial charge is 0.462 e. The molecule has 26 heavy (non-hydrogen) atoms. The predicted molar refractivity (Wildman–Crippen MR) is 92.7 cm³/mol. The van der Waals surface area contributed by atoms with E-state index in [2.05, 4.69) is 4.74 Å². The van der Waals surface area contributed by atoms with Gasteiger partial charge in [0.25, 0.3) is 0 Å². The van der Waals surface area contributed by atoms with Gasteiger partial charge in [0.15, 0.2) is 23.3 Å². The molecule has 0 aromatic heterocycles. The number of benzene rings is 2. The SMILES string of the molecule is CCOC(=O)c1c(F)c(F)c(-c2c(Cl)c(Cl)c(Cl)c(Cl)c2Cl)c(F)c1F. The van der Waals surface area contributed by atoms with E-state index in [4.69, 9.17) is 58.0 Å². The predicted octanol–water partition coefficient (Wildman–Crippen LogP) is 7.35. The standard InChI is InChI=1S/C15H5Cl5F4O2/c1-2-26-15(25)5-13(23)11(21)4(12(22)14(5)24)3-6(16)8(18)10(20)9(19)7(3)17/h2H2,1H3. The van der Waals surface area contributed by atoms with Crippen molar-refractivity contribution in [2.45, 2.75) is 6.92 Å². The minimum atomic E-state index is -1.99. The van der Waals surface area contributed by atoms with E-state index in [1.54, 1.807) is 0 Å². The fourth-order valence-corrected chi connectivity index (χ4v) is 3.39. The molecule has 0 radical (unpaired) electrons. The van der Waals surface area contributed by atoms with Gasteiger partial charge in [0, 0.05) is 5.56 Å². The molecule has 0 bridgehead atoms. The van der Waals surface area contributed by atoms with Crippen LogP contribution in [0.15, 0.2) is 0 Å². The average molecular weight is 470 g/mol. The number of ether oxygens (including phenoxy) is 1. The van der Waals surface area contributed by atoms with Gasteiger partial charge in [0.05, 0.1) is 37.3 Å². The summed E-state index contributed by atoms with van der Waals surface area (Å²) in [4.78, 5) is 11.6. The molecule has 0 heterocycles. The molecule has 0 saturated carbocycles. The minimum absolute atomic E-state index is 0.275. The lowest BCUT2D eigenvalue weighted by Crippen LogP contribution is -2.15. The van der Waals surface area contributed by atoms with Crippen LogP contribution in [0, 0.1) is 23.3 Å². The lowest BCUT2D eigenvalue weighted by molar-refractivity contribution is 0.0512. The fraction of sp³-hybridized carbons (Fsp3) is 0.133. The normalized spacial score (nSPS) is 11.0. The van der Waals surface area contributed by atoms with E-state index in [-0.39, 0.29) is 11.6 Å². The third-order valence-electron chi connectivity index (χ3n) is 3.20. The van der Waals surface area contributed by atoms with Crippen LogP contribution in [0.2, 0.25) is 25.1 Å².